The Morgan fingerprint density at radius 2 is 2.20 bits per heavy atom. The monoisotopic (exact) mass is 294 g/mol. The predicted octanol–water partition coefficient (Wildman–Crippen LogP) is 2.53. The van der Waals surface area contributed by atoms with Gasteiger partial charge in [-0.3, -0.25) is 9.59 Å². The number of benzene rings is 1. The summed E-state index contributed by atoms with van der Waals surface area (Å²) in [7, 11) is 0. The Bertz CT molecular complexity index is 518. The first-order chi connectivity index (χ1) is 9.52. The van der Waals surface area contributed by atoms with Gasteiger partial charge in [-0.2, -0.15) is 0 Å². The van der Waals surface area contributed by atoms with E-state index in [4.69, 9.17) is 11.6 Å². The molecule has 2 amide bonds. The number of halogens is 1. The van der Waals surface area contributed by atoms with Gasteiger partial charge in [-0.15, -0.1) is 0 Å². The zero-order valence-corrected chi connectivity index (χ0v) is 12.5. The van der Waals surface area contributed by atoms with E-state index in [-0.39, 0.29) is 17.9 Å². The van der Waals surface area contributed by atoms with Crippen LogP contribution < -0.4 is 5.32 Å². The van der Waals surface area contributed by atoms with Crippen molar-refractivity contribution in [3.63, 3.8) is 0 Å². The highest BCUT2D eigenvalue weighted by Crippen LogP contribution is 2.25. The molecule has 2 atom stereocenters. The lowest BCUT2D eigenvalue weighted by molar-refractivity contribution is -0.135. The van der Waals surface area contributed by atoms with Crippen LogP contribution in [0.25, 0.3) is 0 Å². The second kappa shape index (κ2) is 6.27. The van der Waals surface area contributed by atoms with Crippen molar-refractivity contribution in [1.82, 2.24) is 10.2 Å². The van der Waals surface area contributed by atoms with Crippen molar-refractivity contribution in [2.45, 2.75) is 38.8 Å². The molecule has 0 radical (unpaired) electrons. The third-order valence-electron chi connectivity index (χ3n) is 3.70. The molecule has 1 fully saturated rings. The van der Waals surface area contributed by atoms with Crippen LogP contribution in [-0.4, -0.2) is 29.3 Å². The average Bonchev–Trinajstić information content (AvgIpc) is 2.57. The highest BCUT2D eigenvalue weighted by Gasteiger charge is 2.31. The number of hydrogen-bond acceptors (Lipinski definition) is 2. The maximum Gasteiger partial charge on any atom is 0.245 e. The molecule has 0 spiro atoms. The van der Waals surface area contributed by atoms with E-state index in [0.29, 0.717) is 24.4 Å². The first-order valence-electron chi connectivity index (χ1n) is 6.88. The fraction of sp³-hybridized carbons (Fsp3) is 0.467. The lowest BCUT2D eigenvalue weighted by Crippen LogP contribution is -2.45. The second-order valence-electron chi connectivity index (χ2n) is 5.04. The lowest BCUT2D eigenvalue weighted by atomic mass is 10.1. The summed E-state index contributed by atoms with van der Waals surface area (Å²) in [5.41, 5.74) is 0.982. The van der Waals surface area contributed by atoms with Crippen LogP contribution in [0.1, 0.15) is 38.3 Å². The quantitative estimate of drug-likeness (QED) is 0.931. The van der Waals surface area contributed by atoms with E-state index >= 15 is 0 Å². The third kappa shape index (κ3) is 3.12. The van der Waals surface area contributed by atoms with Crippen LogP contribution in [0.5, 0.6) is 0 Å². The molecule has 1 heterocycles. The van der Waals surface area contributed by atoms with Gasteiger partial charge in [-0.1, -0.05) is 30.7 Å². The Labute approximate surface area is 124 Å². The van der Waals surface area contributed by atoms with Gasteiger partial charge in [0.2, 0.25) is 11.8 Å². The maximum absolute atomic E-state index is 12.5. The van der Waals surface area contributed by atoms with Gasteiger partial charge in [-0.25, -0.2) is 0 Å². The van der Waals surface area contributed by atoms with Crippen LogP contribution in [0.15, 0.2) is 24.3 Å². The number of carbonyl (C=O) groups is 2. The fourth-order valence-electron chi connectivity index (χ4n) is 2.47. The Hall–Kier alpha value is -1.55. The molecule has 1 aromatic rings. The second-order valence-corrected chi connectivity index (χ2v) is 5.48. The molecule has 5 heteroatoms. The normalized spacial score (nSPS) is 21.4. The minimum absolute atomic E-state index is 0.0224. The Balaban J connectivity index is 2.25. The van der Waals surface area contributed by atoms with Crippen LogP contribution in [-0.2, 0) is 9.59 Å². The van der Waals surface area contributed by atoms with Crippen molar-refractivity contribution in [3.8, 4) is 0 Å². The molecule has 0 aromatic heterocycles. The van der Waals surface area contributed by atoms with E-state index in [0.717, 1.165) is 5.56 Å². The summed E-state index contributed by atoms with van der Waals surface area (Å²) < 4.78 is 0. The number of amides is 2. The molecule has 0 saturated carbocycles. The van der Waals surface area contributed by atoms with E-state index in [1.165, 1.54) is 0 Å². The summed E-state index contributed by atoms with van der Waals surface area (Å²) in [5, 5.41) is 3.42. The first kappa shape index (κ1) is 14.9. The van der Waals surface area contributed by atoms with Crippen LogP contribution >= 0.6 is 11.6 Å². The molecule has 1 aliphatic rings. The van der Waals surface area contributed by atoms with Crippen molar-refractivity contribution in [1.29, 1.82) is 0 Å². The van der Waals surface area contributed by atoms with Gasteiger partial charge in [0, 0.05) is 18.0 Å². The predicted molar refractivity (Wildman–Crippen MR) is 78.4 cm³/mol. The van der Waals surface area contributed by atoms with Crippen LogP contribution in [0, 0.1) is 0 Å². The molecule has 108 valence electrons. The highest BCUT2D eigenvalue weighted by atomic mass is 35.5. The number of nitrogens with one attached hydrogen (secondary N) is 1. The van der Waals surface area contributed by atoms with E-state index in [1.54, 1.807) is 4.90 Å². The summed E-state index contributed by atoms with van der Waals surface area (Å²) in [6.07, 6.45) is 0.941. The van der Waals surface area contributed by atoms with E-state index in [1.807, 2.05) is 38.1 Å². The minimum Gasteiger partial charge on any atom is -0.344 e. The summed E-state index contributed by atoms with van der Waals surface area (Å²) >= 11 is 6.01. The van der Waals surface area contributed by atoms with Gasteiger partial charge in [0.1, 0.15) is 6.04 Å². The molecular formula is C15H19ClN2O2. The summed E-state index contributed by atoms with van der Waals surface area (Å²) in [5.74, 6) is -0.0863. The molecule has 1 aromatic carbocycles. The fourth-order valence-corrected chi connectivity index (χ4v) is 2.67. The summed E-state index contributed by atoms with van der Waals surface area (Å²) in [6.45, 7) is 4.30. The average molecular weight is 295 g/mol. The van der Waals surface area contributed by atoms with Gasteiger partial charge < -0.3 is 10.2 Å². The standard InChI is InChI=1S/C15H19ClN2O2/c1-3-13-15(20)18(8-7-14(19)17-13)10(2)11-5-4-6-12(16)9-11/h4-6,9-10,13H,3,7-8H2,1-2H3,(H,17,19). The van der Waals surface area contributed by atoms with E-state index in [2.05, 4.69) is 5.32 Å². The summed E-state index contributed by atoms with van der Waals surface area (Å²) in [6, 6.07) is 6.97. The number of nitrogens with zero attached hydrogens (tertiary/aromatic N) is 1. The molecule has 20 heavy (non-hydrogen) atoms. The molecule has 0 aliphatic carbocycles. The smallest absolute Gasteiger partial charge is 0.245 e. The first-order valence-corrected chi connectivity index (χ1v) is 7.26. The zero-order valence-electron chi connectivity index (χ0n) is 11.7. The molecule has 0 bridgehead atoms. The van der Waals surface area contributed by atoms with Crippen LogP contribution in [0.3, 0.4) is 0 Å². The Kier molecular flexibility index (Phi) is 4.65. The van der Waals surface area contributed by atoms with Crippen molar-refractivity contribution in [2.75, 3.05) is 6.54 Å². The highest BCUT2D eigenvalue weighted by molar-refractivity contribution is 6.30. The number of hydrogen-bond donors (Lipinski definition) is 1. The number of rotatable bonds is 3. The molecule has 2 unspecified atom stereocenters. The molecule has 1 N–H and O–H groups in total. The SMILES string of the molecule is CCC1NC(=O)CCN(C(C)c2cccc(Cl)c2)C1=O. The van der Waals surface area contributed by atoms with Gasteiger partial charge in [0.25, 0.3) is 0 Å². The molecule has 4 nitrogen and oxygen atoms in total. The van der Waals surface area contributed by atoms with Crippen LogP contribution in [0.2, 0.25) is 5.02 Å². The van der Waals surface area contributed by atoms with Gasteiger partial charge in [0.15, 0.2) is 0 Å². The van der Waals surface area contributed by atoms with Crippen molar-refractivity contribution >= 4 is 23.4 Å². The topological polar surface area (TPSA) is 49.4 Å². The molecule has 2 rings (SSSR count). The molecule has 1 aliphatic heterocycles. The minimum atomic E-state index is -0.424. The molecule has 1 saturated heterocycles. The van der Waals surface area contributed by atoms with Gasteiger partial charge in [0.05, 0.1) is 6.04 Å². The number of carbonyl (C=O) groups excluding carboxylic acids is 2. The maximum atomic E-state index is 12.5. The summed E-state index contributed by atoms with van der Waals surface area (Å²) in [4.78, 5) is 25.9. The zero-order chi connectivity index (χ0) is 14.7. The van der Waals surface area contributed by atoms with E-state index in [9.17, 15) is 9.59 Å². The molecular weight excluding hydrogens is 276 g/mol. The Morgan fingerprint density at radius 1 is 1.45 bits per heavy atom. The van der Waals surface area contributed by atoms with Crippen LogP contribution in [0.4, 0.5) is 0 Å². The van der Waals surface area contributed by atoms with Crippen molar-refractivity contribution in [2.24, 2.45) is 0 Å². The van der Waals surface area contributed by atoms with Crippen molar-refractivity contribution < 1.29 is 9.59 Å². The van der Waals surface area contributed by atoms with Crippen molar-refractivity contribution in [3.05, 3.63) is 34.9 Å². The van der Waals surface area contributed by atoms with Gasteiger partial charge >= 0.3 is 0 Å². The largest absolute Gasteiger partial charge is 0.344 e. The lowest BCUT2D eigenvalue weighted by Gasteiger charge is -2.30. The van der Waals surface area contributed by atoms with Gasteiger partial charge in [-0.05, 0) is 31.0 Å². The third-order valence-corrected chi connectivity index (χ3v) is 3.94. The van der Waals surface area contributed by atoms with E-state index < -0.39 is 6.04 Å². The Morgan fingerprint density at radius 3 is 2.85 bits per heavy atom.